The molecule has 0 aliphatic carbocycles. The third-order valence-corrected chi connectivity index (χ3v) is 7.50. The second-order valence-corrected chi connectivity index (χ2v) is 10.0. The average molecular weight is 530 g/mol. The van der Waals surface area contributed by atoms with Crippen LogP contribution in [0.15, 0.2) is 87.4 Å². The van der Waals surface area contributed by atoms with Gasteiger partial charge in [0.25, 0.3) is 5.91 Å². The van der Waals surface area contributed by atoms with E-state index < -0.39 is 11.3 Å². The van der Waals surface area contributed by atoms with Crippen LogP contribution in [0.2, 0.25) is 0 Å². The molecule has 3 aromatic rings. The summed E-state index contributed by atoms with van der Waals surface area (Å²) in [4.78, 5) is 50.0. The van der Waals surface area contributed by atoms with Crippen LogP contribution >= 0.6 is 11.8 Å². The Balaban J connectivity index is 1.31. The predicted molar refractivity (Wildman–Crippen MR) is 146 cm³/mol. The van der Waals surface area contributed by atoms with Crippen molar-refractivity contribution in [2.45, 2.75) is 44.1 Å². The number of nitrogens with one attached hydrogen (secondary N) is 2. The van der Waals surface area contributed by atoms with Gasteiger partial charge < -0.3 is 15.1 Å². The van der Waals surface area contributed by atoms with E-state index in [0.29, 0.717) is 41.0 Å². The molecular formula is C28H27N5O4S. The number of hydrogen-bond donors (Lipinski definition) is 2. The summed E-state index contributed by atoms with van der Waals surface area (Å²) in [5.41, 5.74) is 2.35. The first-order chi connectivity index (χ1) is 18.5. The quantitative estimate of drug-likeness (QED) is 0.438. The van der Waals surface area contributed by atoms with Crippen LogP contribution in [0.3, 0.4) is 0 Å². The van der Waals surface area contributed by atoms with Crippen LogP contribution in [-0.2, 0) is 27.5 Å². The van der Waals surface area contributed by atoms with Gasteiger partial charge in [-0.1, -0.05) is 61.2 Å². The van der Waals surface area contributed by atoms with Gasteiger partial charge in [-0.3, -0.25) is 19.4 Å². The molecule has 0 spiro atoms. The fourth-order valence-corrected chi connectivity index (χ4v) is 5.25. The largest absolute Gasteiger partial charge is 0.467 e. The number of para-hydroxylation sites is 1. The highest BCUT2D eigenvalue weighted by molar-refractivity contribution is 8.15. The van der Waals surface area contributed by atoms with Crippen molar-refractivity contribution in [1.29, 1.82) is 0 Å². The summed E-state index contributed by atoms with van der Waals surface area (Å²) in [5, 5.41) is 5.63. The summed E-state index contributed by atoms with van der Waals surface area (Å²) in [5.74, 6) is 0.327. The predicted octanol–water partition coefficient (Wildman–Crippen LogP) is 3.77. The van der Waals surface area contributed by atoms with E-state index in [1.54, 1.807) is 18.4 Å². The minimum atomic E-state index is -0.870. The number of amides is 3. The number of benzene rings is 2. The average Bonchev–Trinajstić information content (AvgIpc) is 3.58. The second-order valence-electron chi connectivity index (χ2n) is 8.83. The van der Waals surface area contributed by atoms with Gasteiger partial charge in [0.05, 0.1) is 30.2 Å². The molecule has 3 amide bonds. The summed E-state index contributed by atoms with van der Waals surface area (Å²) in [6, 6.07) is 19.7. The van der Waals surface area contributed by atoms with Crippen LogP contribution in [-0.4, -0.2) is 44.9 Å². The molecule has 3 heterocycles. The van der Waals surface area contributed by atoms with Crippen molar-refractivity contribution in [3.63, 3.8) is 0 Å². The van der Waals surface area contributed by atoms with Crippen LogP contribution in [0.25, 0.3) is 0 Å². The Morgan fingerprint density at radius 2 is 1.82 bits per heavy atom. The molecule has 0 saturated heterocycles. The maximum atomic E-state index is 13.5. The lowest BCUT2D eigenvalue weighted by atomic mass is 10.1. The van der Waals surface area contributed by atoms with E-state index in [0.717, 1.165) is 5.56 Å². The number of carbonyl (C=O) groups excluding carboxylic acids is 3. The first-order valence-corrected chi connectivity index (χ1v) is 13.3. The highest BCUT2D eigenvalue weighted by Gasteiger charge is 2.43. The summed E-state index contributed by atoms with van der Waals surface area (Å²) in [7, 11) is 0. The maximum absolute atomic E-state index is 13.5. The number of hydrogen-bond acceptors (Lipinski definition) is 7. The molecule has 10 heteroatoms. The molecule has 0 bridgehead atoms. The van der Waals surface area contributed by atoms with Crippen LogP contribution < -0.4 is 10.6 Å². The fraction of sp³-hybridized carbons (Fsp3) is 0.250. The van der Waals surface area contributed by atoms with Crippen molar-refractivity contribution >= 4 is 46.2 Å². The Morgan fingerprint density at radius 1 is 1.03 bits per heavy atom. The molecule has 2 aromatic carbocycles. The number of rotatable bonds is 9. The normalized spacial score (nSPS) is 16.7. The summed E-state index contributed by atoms with van der Waals surface area (Å²) in [6.45, 7) is 2.55. The molecule has 2 aliphatic rings. The number of furan rings is 1. The van der Waals surface area contributed by atoms with Crippen LogP contribution in [0.1, 0.15) is 36.7 Å². The minimum absolute atomic E-state index is 0.0768. The molecule has 0 unspecified atom stereocenters. The molecule has 2 aliphatic heterocycles. The molecule has 9 nitrogen and oxygen atoms in total. The monoisotopic (exact) mass is 529 g/mol. The van der Waals surface area contributed by atoms with Gasteiger partial charge in [-0.15, -0.1) is 0 Å². The van der Waals surface area contributed by atoms with E-state index in [1.165, 1.54) is 16.7 Å². The third-order valence-electron chi connectivity index (χ3n) is 6.19. The Morgan fingerprint density at radius 3 is 2.58 bits per heavy atom. The maximum Gasteiger partial charge on any atom is 0.259 e. The van der Waals surface area contributed by atoms with Crippen LogP contribution in [0.4, 0.5) is 5.69 Å². The van der Waals surface area contributed by atoms with Gasteiger partial charge in [-0.2, -0.15) is 0 Å². The number of aliphatic imine (C=N–C) groups is 2. The van der Waals surface area contributed by atoms with Gasteiger partial charge in [0.15, 0.2) is 5.17 Å². The standard InChI is InChI=1S/C28H27N5O4S/c1-2-23(26(35)30-17-19-11-8-14-37-19)38-28-32-21-13-7-6-12-20(21)25-31-22(27(36)33(25)28)15-24(34)29-16-18-9-4-3-5-10-18/h3-14,22-23H,2,15-17H2,1H3,(H,29,34)(H,30,35)/t22-,23-/m1/s1. The highest BCUT2D eigenvalue weighted by Crippen LogP contribution is 2.35. The zero-order valence-corrected chi connectivity index (χ0v) is 21.6. The SMILES string of the molecule is CC[C@@H](SC1=Nc2ccccc2C2=N[C@H](CC(=O)NCc3ccccc3)C(=O)N12)C(=O)NCc1ccco1. The molecule has 0 saturated carbocycles. The molecule has 2 N–H and O–H groups in total. The van der Waals surface area contributed by atoms with Gasteiger partial charge >= 0.3 is 0 Å². The van der Waals surface area contributed by atoms with Crippen molar-refractivity contribution < 1.29 is 18.8 Å². The van der Waals surface area contributed by atoms with Gasteiger partial charge in [0.2, 0.25) is 11.8 Å². The molecule has 0 fully saturated rings. The first-order valence-electron chi connectivity index (χ1n) is 12.4. The molecule has 1 aromatic heterocycles. The number of fused-ring (bicyclic) bond motifs is 3. The minimum Gasteiger partial charge on any atom is -0.467 e. The topological polar surface area (TPSA) is 116 Å². The van der Waals surface area contributed by atoms with E-state index >= 15 is 0 Å². The van der Waals surface area contributed by atoms with Crippen molar-refractivity contribution in [2.24, 2.45) is 9.98 Å². The summed E-state index contributed by atoms with van der Waals surface area (Å²) >= 11 is 1.21. The van der Waals surface area contributed by atoms with E-state index in [4.69, 9.17) is 9.41 Å². The zero-order valence-electron chi connectivity index (χ0n) is 20.8. The smallest absolute Gasteiger partial charge is 0.259 e. The van der Waals surface area contributed by atoms with Crippen molar-refractivity contribution in [1.82, 2.24) is 15.5 Å². The Hall–Kier alpha value is -4.18. The number of thioether (sulfide) groups is 1. The van der Waals surface area contributed by atoms with Gasteiger partial charge in [-0.05, 0) is 36.2 Å². The van der Waals surface area contributed by atoms with Crippen molar-refractivity contribution in [2.75, 3.05) is 0 Å². The Labute approximate surface area is 224 Å². The first kappa shape index (κ1) is 25.5. The van der Waals surface area contributed by atoms with Gasteiger partial charge in [0, 0.05) is 12.1 Å². The van der Waals surface area contributed by atoms with Crippen molar-refractivity contribution in [3.05, 3.63) is 89.9 Å². The third kappa shape index (κ3) is 5.55. The van der Waals surface area contributed by atoms with Crippen LogP contribution in [0.5, 0.6) is 0 Å². The van der Waals surface area contributed by atoms with Gasteiger partial charge in [0.1, 0.15) is 17.6 Å². The van der Waals surface area contributed by atoms with E-state index in [-0.39, 0.29) is 30.7 Å². The Kier molecular flexibility index (Phi) is 7.69. The lowest BCUT2D eigenvalue weighted by Crippen LogP contribution is -2.43. The van der Waals surface area contributed by atoms with Crippen molar-refractivity contribution in [3.8, 4) is 0 Å². The molecule has 38 heavy (non-hydrogen) atoms. The lowest BCUT2D eigenvalue weighted by molar-refractivity contribution is -0.128. The zero-order chi connectivity index (χ0) is 26.5. The molecule has 0 radical (unpaired) electrons. The second kappa shape index (κ2) is 11.5. The number of carbonyl (C=O) groups is 3. The van der Waals surface area contributed by atoms with E-state index in [9.17, 15) is 14.4 Å². The number of nitrogens with zero attached hydrogens (tertiary/aromatic N) is 3. The molecule has 194 valence electrons. The summed E-state index contributed by atoms with van der Waals surface area (Å²) in [6.07, 6.45) is 2.00. The highest BCUT2D eigenvalue weighted by atomic mass is 32.2. The van der Waals surface area contributed by atoms with Gasteiger partial charge in [-0.25, -0.2) is 9.89 Å². The Bertz CT molecular complexity index is 1390. The fourth-order valence-electron chi connectivity index (χ4n) is 4.21. The molecular weight excluding hydrogens is 502 g/mol. The number of amidine groups is 2. The molecule has 2 atom stereocenters. The van der Waals surface area contributed by atoms with Crippen LogP contribution in [0, 0.1) is 0 Å². The molecule has 5 rings (SSSR count). The summed E-state index contributed by atoms with van der Waals surface area (Å²) < 4.78 is 5.30. The van der Waals surface area contributed by atoms with E-state index in [2.05, 4.69) is 15.6 Å². The van der Waals surface area contributed by atoms with E-state index in [1.807, 2.05) is 61.5 Å². The lowest BCUT2D eigenvalue weighted by Gasteiger charge is -2.27.